The number of carbonyl (C=O) groups excluding carboxylic acids is 2. The Balaban J connectivity index is 1.26. The lowest BCUT2D eigenvalue weighted by molar-refractivity contribution is -0.121. The van der Waals surface area contributed by atoms with E-state index in [-0.39, 0.29) is 53.4 Å². The van der Waals surface area contributed by atoms with Crippen molar-refractivity contribution >= 4 is 33.2 Å². The molecule has 1 N–H and O–H groups in total. The van der Waals surface area contributed by atoms with Crippen LogP contribution in [0.4, 0.5) is 15.8 Å². The molecule has 34 heavy (non-hydrogen) atoms. The zero-order valence-electron chi connectivity index (χ0n) is 19.0. The third kappa shape index (κ3) is 4.22. The molecule has 7 nitrogen and oxygen atoms in total. The Morgan fingerprint density at radius 1 is 1.00 bits per heavy atom. The molecule has 0 spiro atoms. The summed E-state index contributed by atoms with van der Waals surface area (Å²) in [5.41, 5.74) is 1.82. The van der Waals surface area contributed by atoms with Crippen molar-refractivity contribution in [1.82, 2.24) is 4.31 Å². The number of fused-ring (bicyclic) bond motifs is 1. The van der Waals surface area contributed by atoms with Crippen LogP contribution >= 0.6 is 0 Å². The van der Waals surface area contributed by atoms with Crippen molar-refractivity contribution in [3.8, 4) is 0 Å². The molecule has 180 valence electrons. The largest absolute Gasteiger partial charge is 0.323 e. The monoisotopic (exact) mass is 485 g/mol. The number of halogens is 1. The zero-order chi connectivity index (χ0) is 24.0. The smallest absolute Gasteiger partial charge is 0.243 e. The molecule has 0 bridgehead atoms. The summed E-state index contributed by atoms with van der Waals surface area (Å²) in [6, 6.07) is 11.0. The number of para-hydroxylation sites is 1. The molecule has 3 aliphatic rings. The molecule has 5 rings (SSSR count). The first-order chi connectivity index (χ1) is 16.3. The molecule has 1 saturated carbocycles. The second-order valence-electron chi connectivity index (χ2n) is 9.47. The maximum Gasteiger partial charge on any atom is 0.243 e. The SMILES string of the molecule is C[C@H]1Cc2cc(S(=O)(=O)N3CCC(C(=O)Nc4ccccc4F)CC3)ccc2N1C(=O)C1CC1. The van der Waals surface area contributed by atoms with Gasteiger partial charge in [-0.3, -0.25) is 9.59 Å². The van der Waals surface area contributed by atoms with E-state index in [4.69, 9.17) is 0 Å². The minimum atomic E-state index is -3.72. The number of rotatable bonds is 5. The summed E-state index contributed by atoms with van der Waals surface area (Å²) in [5.74, 6) is -0.937. The van der Waals surface area contributed by atoms with Crippen molar-refractivity contribution in [1.29, 1.82) is 0 Å². The lowest BCUT2D eigenvalue weighted by Crippen LogP contribution is -2.41. The van der Waals surface area contributed by atoms with E-state index in [1.165, 1.54) is 16.4 Å². The van der Waals surface area contributed by atoms with Gasteiger partial charge in [0, 0.05) is 36.7 Å². The molecule has 2 heterocycles. The first-order valence-corrected chi connectivity index (χ1v) is 13.2. The van der Waals surface area contributed by atoms with E-state index in [1.54, 1.807) is 30.3 Å². The van der Waals surface area contributed by atoms with Gasteiger partial charge >= 0.3 is 0 Å². The number of sulfonamides is 1. The van der Waals surface area contributed by atoms with E-state index in [0.717, 1.165) is 24.1 Å². The fourth-order valence-corrected chi connectivity index (χ4v) is 6.46. The Morgan fingerprint density at radius 3 is 2.38 bits per heavy atom. The highest BCUT2D eigenvalue weighted by Crippen LogP contribution is 2.40. The van der Waals surface area contributed by atoms with Gasteiger partial charge in [0.1, 0.15) is 5.82 Å². The van der Waals surface area contributed by atoms with Gasteiger partial charge in [0.15, 0.2) is 0 Å². The van der Waals surface area contributed by atoms with E-state index in [2.05, 4.69) is 5.32 Å². The number of hydrogen-bond acceptors (Lipinski definition) is 4. The number of nitrogens with one attached hydrogen (secondary N) is 1. The van der Waals surface area contributed by atoms with Crippen LogP contribution in [0.25, 0.3) is 0 Å². The lowest BCUT2D eigenvalue weighted by atomic mass is 9.97. The first kappa shape index (κ1) is 23.0. The molecule has 1 saturated heterocycles. The Kier molecular flexibility index (Phi) is 5.93. The van der Waals surface area contributed by atoms with Gasteiger partial charge in [-0.2, -0.15) is 4.31 Å². The van der Waals surface area contributed by atoms with E-state index < -0.39 is 15.8 Å². The van der Waals surface area contributed by atoms with Crippen molar-refractivity contribution in [2.75, 3.05) is 23.3 Å². The van der Waals surface area contributed by atoms with Gasteiger partial charge in [0.05, 0.1) is 10.6 Å². The van der Waals surface area contributed by atoms with Gasteiger partial charge in [0.2, 0.25) is 21.8 Å². The van der Waals surface area contributed by atoms with Crippen LogP contribution in [0, 0.1) is 17.7 Å². The van der Waals surface area contributed by atoms with Crippen molar-refractivity contribution in [3.05, 3.63) is 53.8 Å². The van der Waals surface area contributed by atoms with Crippen LogP contribution in [0.2, 0.25) is 0 Å². The van der Waals surface area contributed by atoms with E-state index in [0.29, 0.717) is 19.3 Å². The van der Waals surface area contributed by atoms with Gasteiger partial charge in [-0.05, 0) is 74.9 Å². The first-order valence-electron chi connectivity index (χ1n) is 11.8. The third-order valence-corrected chi connectivity index (χ3v) is 8.92. The third-order valence-electron chi connectivity index (χ3n) is 7.02. The summed E-state index contributed by atoms with van der Waals surface area (Å²) >= 11 is 0. The molecule has 2 fully saturated rings. The van der Waals surface area contributed by atoms with Gasteiger partial charge in [-0.1, -0.05) is 12.1 Å². The summed E-state index contributed by atoms with van der Waals surface area (Å²) in [5, 5.41) is 2.61. The van der Waals surface area contributed by atoms with E-state index in [9.17, 15) is 22.4 Å². The van der Waals surface area contributed by atoms with Crippen molar-refractivity contribution < 1.29 is 22.4 Å². The Morgan fingerprint density at radius 2 is 1.71 bits per heavy atom. The molecule has 1 aliphatic carbocycles. The summed E-state index contributed by atoms with van der Waals surface area (Å²) in [4.78, 5) is 27.3. The molecule has 2 amide bonds. The molecule has 9 heteroatoms. The van der Waals surface area contributed by atoms with Crippen LogP contribution in [-0.4, -0.2) is 43.7 Å². The number of carbonyl (C=O) groups is 2. The second kappa shape index (κ2) is 8.78. The van der Waals surface area contributed by atoms with Crippen LogP contribution in [0.15, 0.2) is 47.4 Å². The van der Waals surface area contributed by atoms with Gasteiger partial charge in [0.25, 0.3) is 0 Å². The van der Waals surface area contributed by atoms with Gasteiger partial charge in [-0.15, -0.1) is 0 Å². The van der Waals surface area contributed by atoms with Crippen LogP contribution in [0.5, 0.6) is 0 Å². The maximum atomic E-state index is 13.8. The molecule has 0 unspecified atom stereocenters. The summed E-state index contributed by atoms with van der Waals surface area (Å²) in [6.07, 6.45) is 3.22. The number of hydrogen-bond donors (Lipinski definition) is 1. The molecule has 0 aromatic heterocycles. The number of nitrogens with zero attached hydrogens (tertiary/aromatic N) is 2. The van der Waals surface area contributed by atoms with Crippen molar-refractivity contribution in [2.45, 2.75) is 50.0 Å². The maximum absolute atomic E-state index is 13.8. The van der Waals surface area contributed by atoms with E-state index in [1.807, 2.05) is 11.8 Å². The van der Waals surface area contributed by atoms with Crippen LogP contribution in [0.1, 0.15) is 38.2 Å². The molecular weight excluding hydrogens is 457 g/mol. The zero-order valence-corrected chi connectivity index (χ0v) is 19.9. The van der Waals surface area contributed by atoms with Crippen LogP contribution in [-0.2, 0) is 26.0 Å². The highest BCUT2D eigenvalue weighted by Gasteiger charge is 2.40. The number of benzene rings is 2. The van der Waals surface area contributed by atoms with Crippen LogP contribution in [0.3, 0.4) is 0 Å². The molecule has 2 aromatic carbocycles. The predicted molar refractivity (Wildman–Crippen MR) is 126 cm³/mol. The van der Waals surface area contributed by atoms with Crippen molar-refractivity contribution in [2.24, 2.45) is 11.8 Å². The number of piperidine rings is 1. The molecule has 1 atom stereocenters. The number of amides is 2. The molecule has 0 radical (unpaired) electrons. The average Bonchev–Trinajstić information content (AvgIpc) is 3.62. The molecule has 2 aliphatic heterocycles. The average molecular weight is 486 g/mol. The van der Waals surface area contributed by atoms with Crippen molar-refractivity contribution in [3.63, 3.8) is 0 Å². The standard InChI is InChI=1S/C25H28FN3O4S/c1-16-14-19-15-20(8-9-23(19)29(16)25(31)18-6-7-18)34(32,33)28-12-10-17(11-13-28)24(30)27-22-5-3-2-4-21(22)26/h2-5,8-9,15-18H,6-7,10-14H2,1H3,(H,27,30)/t16-/m0/s1. The minimum absolute atomic E-state index is 0.0183. The minimum Gasteiger partial charge on any atom is -0.323 e. The van der Waals surface area contributed by atoms with Gasteiger partial charge < -0.3 is 10.2 Å². The molecule has 2 aromatic rings. The molecular formula is C25H28FN3O4S. The summed E-state index contributed by atoms with van der Waals surface area (Å²) in [6.45, 7) is 2.43. The fourth-order valence-electron chi connectivity index (χ4n) is 4.94. The number of anilines is 2. The quantitative estimate of drug-likeness (QED) is 0.702. The second-order valence-corrected chi connectivity index (χ2v) is 11.4. The Hall–Kier alpha value is -2.78. The van der Waals surface area contributed by atoms with Gasteiger partial charge in [-0.25, -0.2) is 12.8 Å². The van der Waals surface area contributed by atoms with Crippen LogP contribution < -0.4 is 10.2 Å². The predicted octanol–water partition coefficient (Wildman–Crippen LogP) is 3.55. The Bertz CT molecular complexity index is 1240. The summed E-state index contributed by atoms with van der Waals surface area (Å²) < 4.78 is 41.9. The fraction of sp³-hybridized carbons (Fsp3) is 0.440. The topological polar surface area (TPSA) is 86.8 Å². The Labute approximate surface area is 199 Å². The highest BCUT2D eigenvalue weighted by molar-refractivity contribution is 7.89. The summed E-state index contributed by atoms with van der Waals surface area (Å²) in [7, 11) is -3.72. The van der Waals surface area contributed by atoms with E-state index >= 15 is 0 Å². The normalized spacial score (nSPS) is 21.4. The highest BCUT2D eigenvalue weighted by atomic mass is 32.2. The lowest BCUT2D eigenvalue weighted by Gasteiger charge is -2.30.